The van der Waals surface area contributed by atoms with E-state index in [1.807, 2.05) is 38.1 Å². The van der Waals surface area contributed by atoms with E-state index in [0.717, 1.165) is 17.1 Å². The van der Waals surface area contributed by atoms with Gasteiger partial charge in [-0.1, -0.05) is 12.1 Å². The third-order valence-electron chi connectivity index (χ3n) is 2.91. The van der Waals surface area contributed by atoms with Crippen LogP contribution in [-0.4, -0.2) is 21.5 Å². The summed E-state index contributed by atoms with van der Waals surface area (Å²) >= 11 is 0. The van der Waals surface area contributed by atoms with Gasteiger partial charge in [0.2, 0.25) is 0 Å². The summed E-state index contributed by atoms with van der Waals surface area (Å²) in [6, 6.07) is 7.68. The minimum Gasteiger partial charge on any atom is -0.497 e. The Morgan fingerprint density at radius 2 is 1.94 bits per heavy atom. The SMILES string of the molecule is CCn1nc(C)n(Cc2ccc(OC)cc2)c1=O. The number of hydrogen-bond acceptors (Lipinski definition) is 3. The highest BCUT2D eigenvalue weighted by Gasteiger charge is 2.08. The first-order valence-corrected chi connectivity index (χ1v) is 5.93. The van der Waals surface area contributed by atoms with E-state index in [9.17, 15) is 4.79 Å². The fraction of sp³-hybridized carbons (Fsp3) is 0.385. The van der Waals surface area contributed by atoms with E-state index in [4.69, 9.17) is 4.74 Å². The van der Waals surface area contributed by atoms with Gasteiger partial charge in [-0.05, 0) is 31.5 Å². The molecule has 2 aromatic rings. The zero-order valence-electron chi connectivity index (χ0n) is 10.9. The fourth-order valence-corrected chi connectivity index (χ4v) is 1.85. The quantitative estimate of drug-likeness (QED) is 0.821. The van der Waals surface area contributed by atoms with E-state index in [1.165, 1.54) is 4.68 Å². The largest absolute Gasteiger partial charge is 0.497 e. The molecule has 2 rings (SSSR count). The van der Waals surface area contributed by atoms with Gasteiger partial charge in [-0.15, -0.1) is 0 Å². The van der Waals surface area contributed by atoms with Gasteiger partial charge in [0.25, 0.3) is 0 Å². The molecule has 0 saturated carbocycles. The summed E-state index contributed by atoms with van der Waals surface area (Å²) in [6.45, 7) is 4.88. The van der Waals surface area contributed by atoms with Crippen LogP contribution in [-0.2, 0) is 13.1 Å². The van der Waals surface area contributed by atoms with E-state index in [2.05, 4.69) is 5.10 Å². The van der Waals surface area contributed by atoms with Crippen LogP contribution < -0.4 is 10.4 Å². The van der Waals surface area contributed by atoms with Crippen molar-refractivity contribution in [3.8, 4) is 5.75 Å². The third-order valence-corrected chi connectivity index (χ3v) is 2.91. The molecule has 1 heterocycles. The summed E-state index contributed by atoms with van der Waals surface area (Å²) in [4.78, 5) is 12.0. The van der Waals surface area contributed by atoms with Gasteiger partial charge in [-0.2, -0.15) is 5.10 Å². The van der Waals surface area contributed by atoms with Crippen molar-refractivity contribution in [2.45, 2.75) is 26.9 Å². The Labute approximate surface area is 106 Å². The predicted octanol–water partition coefficient (Wildman–Crippen LogP) is 1.43. The summed E-state index contributed by atoms with van der Waals surface area (Å²) in [5, 5.41) is 4.20. The average Bonchev–Trinajstić information content (AvgIpc) is 2.67. The number of rotatable bonds is 4. The summed E-state index contributed by atoms with van der Waals surface area (Å²) in [5.41, 5.74) is 0.988. The Hall–Kier alpha value is -2.04. The van der Waals surface area contributed by atoms with Crippen LogP contribution in [0.2, 0.25) is 0 Å². The Kier molecular flexibility index (Phi) is 3.50. The topological polar surface area (TPSA) is 49.0 Å². The summed E-state index contributed by atoms with van der Waals surface area (Å²) in [7, 11) is 1.63. The average molecular weight is 247 g/mol. The molecule has 0 amide bonds. The summed E-state index contributed by atoms with van der Waals surface area (Å²) in [5.74, 6) is 1.55. The van der Waals surface area contributed by atoms with Crippen LogP contribution in [0.1, 0.15) is 18.3 Å². The molecule has 5 heteroatoms. The minimum atomic E-state index is -0.0641. The molecule has 0 N–H and O–H groups in total. The van der Waals surface area contributed by atoms with Gasteiger partial charge in [0.1, 0.15) is 11.6 Å². The lowest BCUT2D eigenvalue weighted by atomic mass is 10.2. The van der Waals surface area contributed by atoms with Gasteiger partial charge < -0.3 is 4.74 Å². The lowest BCUT2D eigenvalue weighted by molar-refractivity contribution is 0.414. The maximum atomic E-state index is 12.0. The van der Waals surface area contributed by atoms with Crippen molar-refractivity contribution in [3.63, 3.8) is 0 Å². The second-order valence-corrected chi connectivity index (χ2v) is 4.08. The van der Waals surface area contributed by atoms with Gasteiger partial charge in [0.15, 0.2) is 0 Å². The molecule has 0 atom stereocenters. The van der Waals surface area contributed by atoms with Crippen molar-refractivity contribution in [2.24, 2.45) is 0 Å². The molecule has 0 bridgehead atoms. The van der Waals surface area contributed by atoms with Crippen molar-refractivity contribution in [2.75, 3.05) is 7.11 Å². The highest BCUT2D eigenvalue weighted by molar-refractivity contribution is 5.27. The van der Waals surface area contributed by atoms with Gasteiger partial charge >= 0.3 is 5.69 Å². The molecular formula is C13H17N3O2. The lowest BCUT2D eigenvalue weighted by Gasteiger charge is -2.04. The van der Waals surface area contributed by atoms with Crippen LogP contribution in [0.15, 0.2) is 29.1 Å². The molecular weight excluding hydrogens is 230 g/mol. The second kappa shape index (κ2) is 5.08. The first-order chi connectivity index (χ1) is 8.65. The van der Waals surface area contributed by atoms with Gasteiger partial charge in [0.05, 0.1) is 13.7 Å². The number of hydrogen-bond donors (Lipinski definition) is 0. The number of ether oxygens (including phenoxy) is 1. The van der Waals surface area contributed by atoms with Crippen LogP contribution in [0.3, 0.4) is 0 Å². The second-order valence-electron chi connectivity index (χ2n) is 4.08. The normalized spacial score (nSPS) is 10.6. The standard InChI is InChI=1S/C13H17N3O2/c1-4-16-13(17)15(10(2)14-16)9-11-5-7-12(18-3)8-6-11/h5-8H,4,9H2,1-3H3. The monoisotopic (exact) mass is 247 g/mol. The summed E-state index contributed by atoms with van der Waals surface area (Å²) < 4.78 is 8.25. The molecule has 0 aliphatic carbocycles. The number of nitrogens with zero attached hydrogens (tertiary/aromatic N) is 3. The molecule has 0 aliphatic rings. The van der Waals surface area contributed by atoms with Crippen LogP contribution in [0.5, 0.6) is 5.75 Å². The molecule has 5 nitrogen and oxygen atoms in total. The molecule has 0 fully saturated rings. The zero-order chi connectivity index (χ0) is 13.1. The Bertz CT molecular complexity index is 581. The Balaban J connectivity index is 2.28. The van der Waals surface area contributed by atoms with E-state index in [0.29, 0.717) is 13.1 Å². The molecule has 1 aromatic carbocycles. The first kappa shape index (κ1) is 12.4. The van der Waals surface area contributed by atoms with Crippen LogP contribution >= 0.6 is 0 Å². The van der Waals surface area contributed by atoms with E-state index < -0.39 is 0 Å². The van der Waals surface area contributed by atoms with Crippen molar-refractivity contribution >= 4 is 0 Å². The molecule has 0 aliphatic heterocycles. The minimum absolute atomic E-state index is 0.0641. The van der Waals surface area contributed by atoms with Crippen molar-refractivity contribution in [1.29, 1.82) is 0 Å². The molecule has 0 spiro atoms. The first-order valence-electron chi connectivity index (χ1n) is 5.93. The fourth-order valence-electron chi connectivity index (χ4n) is 1.85. The molecule has 0 radical (unpaired) electrons. The number of aromatic nitrogens is 3. The highest BCUT2D eigenvalue weighted by Crippen LogP contribution is 2.12. The van der Waals surface area contributed by atoms with Crippen LogP contribution in [0, 0.1) is 6.92 Å². The highest BCUT2D eigenvalue weighted by atomic mass is 16.5. The Morgan fingerprint density at radius 1 is 1.28 bits per heavy atom. The van der Waals surface area contributed by atoms with E-state index in [-0.39, 0.29) is 5.69 Å². The lowest BCUT2D eigenvalue weighted by Crippen LogP contribution is -2.25. The van der Waals surface area contributed by atoms with E-state index in [1.54, 1.807) is 11.7 Å². The smallest absolute Gasteiger partial charge is 0.346 e. The molecule has 18 heavy (non-hydrogen) atoms. The van der Waals surface area contributed by atoms with Crippen molar-refractivity contribution < 1.29 is 4.74 Å². The zero-order valence-corrected chi connectivity index (χ0v) is 10.9. The Morgan fingerprint density at radius 3 is 2.44 bits per heavy atom. The van der Waals surface area contributed by atoms with Crippen LogP contribution in [0.25, 0.3) is 0 Å². The molecule has 0 unspecified atom stereocenters. The number of aryl methyl sites for hydroxylation is 2. The number of benzene rings is 1. The van der Waals surface area contributed by atoms with Crippen molar-refractivity contribution in [3.05, 3.63) is 46.1 Å². The molecule has 96 valence electrons. The van der Waals surface area contributed by atoms with Crippen molar-refractivity contribution in [1.82, 2.24) is 14.3 Å². The maximum Gasteiger partial charge on any atom is 0.346 e. The van der Waals surface area contributed by atoms with Gasteiger partial charge in [0, 0.05) is 6.54 Å². The van der Waals surface area contributed by atoms with Gasteiger partial charge in [-0.3, -0.25) is 4.57 Å². The molecule has 0 saturated heterocycles. The maximum absolute atomic E-state index is 12.0. The van der Waals surface area contributed by atoms with Crippen LogP contribution in [0.4, 0.5) is 0 Å². The predicted molar refractivity (Wildman–Crippen MR) is 69.0 cm³/mol. The molecule has 1 aromatic heterocycles. The van der Waals surface area contributed by atoms with Gasteiger partial charge in [-0.25, -0.2) is 9.48 Å². The van der Waals surface area contributed by atoms with E-state index >= 15 is 0 Å². The third kappa shape index (κ3) is 2.30. The number of methoxy groups -OCH3 is 1. The summed E-state index contributed by atoms with van der Waals surface area (Å²) in [6.07, 6.45) is 0.